The highest BCUT2D eigenvalue weighted by Crippen LogP contribution is 2.33. The fourth-order valence-corrected chi connectivity index (χ4v) is 4.51. The molecule has 8 heteroatoms. The molecule has 4 heterocycles. The van der Waals surface area contributed by atoms with Gasteiger partial charge in [-0.1, -0.05) is 0 Å². The number of furan rings is 1. The Hall–Kier alpha value is -3.52. The average molecular weight is 404 g/mol. The highest BCUT2D eigenvalue weighted by atomic mass is 32.1. The highest BCUT2D eigenvalue weighted by molar-refractivity contribution is 7.20. The Morgan fingerprint density at radius 3 is 2.76 bits per heavy atom. The van der Waals surface area contributed by atoms with Gasteiger partial charge >= 0.3 is 0 Å². The van der Waals surface area contributed by atoms with E-state index in [4.69, 9.17) is 8.83 Å². The largest absolute Gasteiger partial charge is 0.461 e. The van der Waals surface area contributed by atoms with Gasteiger partial charge in [-0.3, -0.25) is 4.79 Å². The lowest BCUT2D eigenvalue weighted by molar-refractivity contribution is 0.103. The monoisotopic (exact) mass is 404 g/mol. The van der Waals surface area contributed by atoms with E-state index in [1.807, 2.05) is 19.9 Å². The molecule has 0 spiro atoms. The molecule has 4 aromatic heterocycles. The van der Waals surface area contributed by atoms with Crippen LogP contribution in [0.15, 0.2) is 45.4 Å². The Morgan fingerprint density at radius 2 is 1.97 bits per heavy atom. The molecule has 0 radical (unpaired) electrons. The first kappa shape index (κ1) is 17.6. The Kier molecular flexibility index (Phi) is 3.95. The Morgan fingerprint density at radius 1 is 1.10 bits per heavy atom. The van der Waals surface area contributed by atoms with Crippen molar-refractivity contribution in [2.75, 3.05) is 5.32 Å². The van der Waals surface area contributed by atoms with Crippen LogP contribution < -0.4 is 5.32 Å². The van der Waals surface area contributed by atoms with Gasteiger partial charge in [0.25, 0.3) is 5.91 Å². The van der Waals surface area contributed by atoms with Crippen LogP contribution in [0.1, 0.15) is 26.8 Å². The highest BCUT2D eigenvalue weighted by Gasteiger charge is 2.20. The Labute approximate surface area is 169 Å². The van der Waals surface area contributed by atoms with Crippen LogP contribution in [0.5, 0.6) is 0 Å². The number of hydrogen-bond donors (Lipinski definition) is 1. The summed E-state index contributed by atoms with van der Waals surface area (Å²) in [5, 5.41) is 3.85. The second-order valence-corrected chi connectivity index (χ2v) is 7.71. The molecule has 29 heavy (non-hydrogen) atoms. The van der Waals surface area contributed by atoms with Gasteiger partial charge in [-0.25, -0.2) is 15.0 Å². The van der Waals surface area contributed by atoms with E-state index in [1.54, 1.807) is 37.5 Å². The number of rotatable bonds is 3. The van der Waals surface area contributed by atoms with Crippen LogP contribution in [0.2, 0.25) is 0 Å². The van der Waals surface area contributed by atoms with Crippen LogP contribution in [0.25, 0.3) is 32.9 Å². The number of thiophene rings is 1. The zero-order valence-corrected chi connectivity index (χ0v) is 16.8. The standard InChI is InChI=1S/C21H16N4O3S/c1-10-17-11(2)22-19(16-5-4-8-27-16)25-21(17)29-18(10)20(26)24-13-6-7-15-14(9-13)23-12(3)28-15/h4-9H,1-3H3,(H,24,26). The molecule has 7 nitrogen and oxygen atoms in total. The number of hydrogen-bond acceptors (Lipinski definition) is 7. The zero-order chi connectivity index (χ0) is 20.1. The predicted octanol–water partition coefficient (Wildman–Crippen LogP) is 5.27. The zero-order valence-electron chi connectivity index (χ0n) is 15.9. The third-order valence-electron chi connectivity index (χ3n) is 4.67. The smallest absolute Gasteiger partial charge is 0.266 e. The Balaban J connectivity index is 1.52. The van der Waals surface area contributed by atoms with Gasteiger partial charge < -0.3 is 14.2 Å². The van der Waals surface area contributed by atoms with Crippen molar-refractivity contribution in [2.24, 2.45) is 0 Å². The molecule has 1 N–H and O–H groups in total. The van der Waals surface area contributed by atoms with E-state index < -0.39 is 0 Å². The second-order valence-electron chi connectivity index (χ2n) is 6.72. The van der Waals surface area contributed by atoms with Gasteiger partial charge in [0.05, 0.1) is 16.8 Å². The summed E-state index contributed by atoms with van der Waals surface area (Å²) in [4.78, 5) is 27.8. The van der Waals surface area contributed by atoms with Crippen LogP contribution in [-0.2, 0) is 0 Å². The van der Waals surface area contributed by atoms with E-state index in [9.17, 15) is 4.79 Å². The molecule has 0 atom stereocenters. The summed E-state index contributed by atoms with van der Waals surface area (Å²) in [6.45, 7) is 5.62. The average Bonchev–Trinajstić information content (AvgIpc) is 3.39. The van der Waals surface area contributed by atoms with E-state index in [0.717, 1.165) is 21.5 Å². The maximum absolute atomic E-state index is 13.0. The third kappa shape index (κ3) is 2.98. The van der Waals surface area contributed by atoms with Crippen molar-refractivity contribution >= 4 is 44.2 Å². The molecule has 5 aromatic rings. The maximum Gasteiger partial charge on any atom is 0.266 e. The van der Waals surface area contributed by atoms with Gasteiger partial charge in [-0.2, -0.15) is 0 Å². The van der Waals surface area contributed by atoms with Crippen molar-refractivity contribution in [1.29, 1.82) is 0 Å². The van der Waals surface area contributed by atoms with Gasteiger partial charge in [-0.05, 0) is 49.7 Å². The summed E-state index contributed by atoms with van der Waals surface area (Å²) in [5.74, 6) is 1.51. The second kappa shape index (κ2) is 6.52. The van der Waals surface area contributed by atoms with Gasteiger partial charge in [0.1, 0.15) is 10.3 Å². The quantitative estimate of drug-likeness (QED) is 0.440. The minimum atomic E-state index is -0.191. The maximum atomic E-state index is 13.0. The molecule has 0 aliphatic heterocycles. The summed E-state index contributed by atoms with van der Waals surface area (Å²) in [7, 11) is 0. The number of oxazole rings is 1. The van der Waals surface area contributed by atoms with Crippen molar-refractivity contribution in [1.82, 2.24) is 15.0 Å². The number of carbonyl (C=O) groups is 1. The number of carbonyl (C=O) groups excluding carboxylic acids is 1. The SMILES string of the molecule is Cc1nc2cc(NC(=O)c3sc4nc(-c5ccco5)nc(C)c4c3C)ccc2o1. The number of fused-ring (bicyclic) bond motifs is 2. The summed E-state index contributed by atoms with van der Waals surface area (Å²) >= 11 is 1.35. The van der Waals surface area contributed by atoms with E-state index in [-0.39, 0.29) is 5.91 Å². The van der Waals surface area contributed by atoms with Crippen LogP contribution in [0.3, 0.4) is 0 Å². The molecule has 0 fully saturated rings. The molecule has 0 aliphatic carbocycles. The van der Waals surface area contributed by atoms with Gasteiger partial charge in [-0.15, -0.1) is 11.3 Å². The molecule has 0 aliphatic rings. The van der Waals surface area contributed by atoms with E-state index in [0.29, 0.717) is 39.1 Å². The van der Waals surface area contributed by atoms with E-state index in [2.05, 4.69) is 20.3 Å². The fraction of sp³-hybridized carbons (Fsp3) is 0.143. The topological polar surface area (TPSA) is 94.1 Å². The van der Waals surface area contributed by atoms with Crippen molar-refractivity contribution < 1.29 is 13.6 Å². The molecule has 0 saturated carbocycles. The van der Waals surface area contributed by atoms with Crippen LogP contribution in [-0.4, -0.2) is 20.9 Å². The summed E-state index contributed by atoms with van der Waals surface area (Å²) in [5.41, 5.74) is 3.73. The van der Waals surface area contributed by atoms with Crippen LogP contribution in [0, 0.1) is 20.8 Å². The third-order valence-corrected chi connectivity index (χ3v) is 5.86. The number of benzene rings is 1. The van der Waals surface area contributed by atoms with Gasteiger partial charge in [0, 0.05) is 18.0 Å². The lowest BCUT2D eigenvalue weighted by atomic mass is 10.1. The summed E-state index contributed by atoms with van der Waals surface area (Å²) in [6, 6.07) is 9.01. The lowest BCUT2D eigenvalue weighted by Gasteiger charge is -2.04. The number of anilines is 1. The Bertz CT molecular complexity index is 1380. The number of nitrogens with zero attached hydrogens (tertiary/aromatic N) is 3. The lowest BCUT2D eigenvalue weighted by Crippen LogP contribution is -2.11. The molecule has 1 aromatic carbocycles. The first-order valence-electron chi connectivity index (χ1n) is 9.00. The van der Waals surface area contributed by atoms with Crippen molar-refractivity contribution in [2.45, 2.75) is 20.8 Å². The van der Waals surface area contributed by atoms with Crippen molar-refractivity contribution in [3.63, 3.8) is 0 Å². The fourth-order valence-electron chi connectivity index (χ4n) is 3.38. The molecule has 144 valence electrons. The minimum Gasteiger partial charge on any atom is -0.461 e. The molecule has 1 amide bonds. The molecule has 0 bridgehead atoms. The number of nitrogens with one attached hydrogen (secondary N) is 1. The number of aryl methyl sites for hydroxylation is 3. The van der Waals surface area contributed by atoms with E-state index in [1.165, 1.54) is 11.3 Å². The number of amides is 1. The normalized spacial score (nSPS) is 11.4. The molecule has 0 unspecified atom stereocenters. The predicted molar refractivity (Wildman–Crippen MR) is 111 cm³/mol. The molecular formula is C21H16N4O3S. The number of aromatic nitrogens is 3. The van der Waals surface area contributed by atoms with Crippen molar-refractivity contribution in [3.8, 4) is 11.6 Å². The van der Waals surface area contributed by atoms with Gasteiger partial charge in [0.15, 0.2) is 23.1 Å². The molecule has 5 rings (SSSR count). The first-order valence-corrected chi connectivity index (χ1v) is 9.81. The summed E-state index contributed by atoms with van der Waals surface area (Å²) < 4.78 is 10.9. The molecule has 0 saturated heterocycles. The van der Waals surface area contributed by atoms with Gasteiger partial charge in [0.2, 0.25) is 0 Å². The van der Waals surface area contributed by atoms with Crippen LogP contribution >= 0.6 is 11.3 Å². The first-order chi connectivity index (χ1) is 14.0. The summed E-state index contributed by atoms with van der Waals surface area (Å²) in [6.07, 6.45) is 1.59. The van der Waals surface area contributed by atoms with Crippen LogP contribution in [0.4, 0.5) is 5.69 Å². The molecular weight excluding hydrogens is 388 g/mol. The minimum absolute atomic E-state index is 0.191. The van der Waals surface area contributed by atoms with E-state index >= 15 is 0 Å². The van der Waals surface area contributed by atoms with Crippen molar-refractivity contribution in [3.05, 3.63) is 58.6 Å².